The first-order valence-corrected chi connectivity index (χ1v) is 10.6. The standard InChI is InChI=1S/C25H22F3N3O2/c26-25(27,28)20-11-9-17(10-12-20)16-30-23(32)22-8-4-14-31(22)24(33)19-6-3-5-18(15-19)21-7-1-2-13-29-21/h1-3,5-7,9-13,15,22H,4,8,14,16H2,(H,30,32). The molecule has 1 saturated heterocycles. The van der Waals surface area contributed by atoms with E-state index in [1.807, 2.05) is 24.3 Å². The molecule has 3 aromatic rings. The van der Waals surface area contributed by atoms with Crippen LogP contribution in [0.2, 0.25) is 0 Å². The van der Waals surface area contributed by atoms with Crippen LogP contribution in [-0.4, -0.2) is 34.3 Å². The van der Waals surface area contributed by atoms with Gasteiger partial charge in [0.1, 0.15) is 6.04 Å². The third kappa shape index (κ3) is 5.22. The number of hydrogen-bond acceptors (Lipinski definition) is 3. The Hall–Kier alpha value is -3.68. The van der Waals surface area contributed by atoms with Crippen LogP contribution >= 0.6 is 0 Å². The van der Waals surface area contributed by atoms with Crippen molar-refractivity contribution in [3.63, 3.8) is 0 Å². The first-order chi connectivity index (χ1) is 15.8. The van der Waals surface area contributed by atoms with Crippen LogP contribution < -0.4 is 5.32 Å². The molecule has 2 amide bonds. The molecule has 0 spiro atoms. The number of nitrogens with zero attached hydrogens (tertiary/aromatic N) is 2. The lowest BCUT2D eigenvalue weighted by atomic mass is 10.1. The predicted octanol–water partition coefficient (Wildman–Crippen LogP) is 4.69. The van der Waals surface area contributed by atoms with E-state index in [0.29, 0.717) is 30.5 Å². The molecule has 4 rings (SSSR count). The third-order valence-electron chi connectivity index (χ3n) is 5.63. The lowest BCUT2D eigenvalue weighted by Gasteiger charge is -2.24. The van der Waals surface area contributed by atoms with Crippen molar-refractivity contribution in [1.82, 2.24) is 15.2 Å². The summed E-state index contributed by atoms with van der Waals surface area (Å²) in [6.07, 6.45) is -1.49. The summed E-state index contributed by atoms with van der Waals surface area (Å²) in [7, 11) is 0. The second-order valence-corrected chi connectivity index (χ2v) is 7.86. The maximum absolute atomic E-state index is 13.2. The number of likely N-dealkylation sites (tertiary alicyclic amines) is 1. The Bertz CT molecular complexity index is 1130. The number of halogens is 3. The number of aromatic nitrogens is 1. The summed E-state index contributed by atoms with van der Waals surface area (Å²) >= 11 is 0. The number of alkyl halides is 3. The molecule has 5 nitrogen and oxygen atoms in total. The Morgan fingerprint density at radius 1 is 1.03 bits per heavy atom. The van der Waals surface area contributed by atoms with Gasteiger partial charge in [-0.1, -0.05) is 30.3 Å². The molecule has 1 fully saturated rings. The number of nitrogens with one attached hydrogen (secondary N) is 1. The summed E-state index contributed by atoms with van der Waals surface area (Å²) in [6.45, 7) is 0.551. The molecular formula is C25H22F3N3O2. The molecule has 0 bridgehead atoms. The van der Waals surface area contributed by atoms with Crippen molar-refractivity contribution in [3.8, 4) is 11.3 Å². The van der Waals surface area contributed by atoms with Gasteiger partial charge >= 0.3 is 6.18 Å². The second kappa shape index (κ2) is 9.44. The molecule has 1 N–H and O–H groups in total. The fourth-order valence-electron chi connectivity index (χ4n) is 3.91. The van der Waals surface area contributed by atoms with E-state index in [2.05, 4.69) is 10.3 Å². The van der Waals surface area contributed by atoms with E-state index in [-0.39, 0.29) is 18.4 Å². The quantitative estimate of drug-likeness (QED) is 0.610. The zero-order chi connectivity index (χ0) is 23.4. The zero-order valence-corrected chi connectivity index (χ0v) is 17.7. The largest absolute Gasteiger partial charge is 0.416 e. The van der Waals surface area contributed by atoms with E-state index in [4.69, 9.17) is 0 Å². The second-order valence-electron chi connectivity index (χ2n) is 7.86. The maximum atomic E-state index is 13.2. The Morgan fingerprint density at radius 2 is 1.82 bits per heavy atom. The molecule has 1 aromatic heterocycles. The van der Waals surface area contributed by atoms with Crippen LogP contribution in [0.3, 0.4) is 0 Å². The molecule has 170 valence electrons. The van der Waals surface area contributed by atoms with Gasteiger partial charge in [0.25, 0.3) is 5.91 Å². The van der Waals surface area contributed by atoms with Crippen LogP contribution in [0.4, 0.5) is 13.2 Å². The Labute approximate surface area is 189 Å². The van der Waals surface area contributed by atoms with Crippen LogP contribution in [-0.2, 0) is 17.5 Å². The van der Waals surface area contributed by atoms with E-state index in [0.717, 1.165) is 23.4 Å². The Balaban J connectivity index is 1.42. The van der Waals surface area contributed by atoms with Gasteiger partial charge in [-0.2, -0.15) is 13.2 Å². The van der Waals surface area contributed by atoms with E-state index in [1.54, 1.807) is 29.3 Å². The minimum atomic E-state index is -4.40. The van der Waals surface area contributed by atoms with Gasteiger partial charge in [0.05, 0.1) is 11.3 Å². The van der Waals surface area contributed by atoms with E-state index >= 15 is 0 Å². The van der Waals surface area contributed by atoms with E-state index in [1.165, 1.54) is 12.1 Å². The number of carbonyl (C=O) groups is 2. The summed E-state index contributed by atoms with van der Waals surface area (Å²) in [5, 5.41) is 2.75. The van der Waals surface area contributed by atoms with Crippen molar-refractivity contribution in [3.05, 3.63) is 89.6 Å². The van der Waals surface area contributed by atoms with Crippen molar-refractivity contribution in [2.24, 2.45) is 0 Å². The number of hydrogen-bond donors (Lipinski definition) is 1. The summed E-state index contributed by atoms with van der Waals surface area (Å²) in [4.78, 5) is 31.8. The molecule has 1 aliphatic heterocycles. The maximum Gasteiger partial charge on any atom is 0.416 e. The molecular weight excluding hydrogens is 431 g/mol. The average molecular weight is 453 g/mol. The van der Waals surface area contributed by atoms with Crippen molar-refractivity contribution >= 4 is 11.8 Å². The normalized spacial score (nSPS) is 16.0. The molecule has 2 aromatic carbocycles. The minimum absolute atomic E-state index is 0.0880. The van der Waals surface area contributed by atoms with Crippen LogP contribution in [0, 0.1) is 0 Å². The first-order valence-electron chi connectivity index (χ1n) is 10.6. The minimum Gasteiger partial charge on any atom is -0.350 e. The number of carbonyl (C=O) groups excluding carboxylic acids is 2. The molecule has 33 heavy (non-hydrogen) atoms. The Morgan fingerprint density at radius 3 is 2.52 bits per heavy atom. The summed E-state index contributed by atoms with van der Waals surface area (Å²) in [6, 6.07) is 16.7. The molecule has 1 unspecified atom stereocenters. The van der Waals surface area contributed by atoms with Gasteiger partial charge in [0.2, 0.25) is 5.91 Å². The molecule has 0 saturated carbocycles. The van der Waals surface area contributed by atoms with Crippen LogP contribution in [0.1, 0.15) is 34.3 Å². The predicted molar refractivity (Wildman–Crippen MR) is 117 cm³/mol. The summed E-state index contributed by atoms with van der Waals surface area (Å²) < 4.78 is 38.1. The fourth-order valence-corrected chi connectivity index (χ4v) is 3.91. The van der Waals surface area contributed by atoms with Crippen molar-refractivity contribution < 1.29 is 22.8 Å². The zero-order valence-electron chi connectivity index (χ0n) is 17.7. The molecule has 0 aliphatic carbocycles. The lowest BCUT2D eigenvalue weighted by molar-refractivity contribution is -0.137. The molecule has 0 radical (unpaired) electrons. The summed E-state index contributed by atoms with van der Waals surface area (Å²) in [5.74, 6) is -0.554. The number of amides is 2. The van der Waals surface area contributed by atoms with Gasteiger partial charge in [0, 0.05) is 30.4 Å². The SMILES string of the molecule is O=C(NCc1ccc(C(F)(F)F)cc1)C1CCCN1C(=O)c1cccc(-c2ccccn2)c1. The number of pyridine rings is 1. The van der Waals surface area contributed by atoms with Crippen LogP contribution in [0.15, 0.2) is 72.9 Å². The van der Waals surface area contributed by atoms with Crippen LogP contribution in [0.25, 0.3) is 11.3 Å². The van der Waals surface area contributed by atoms with Crippen molar-refractivity contribution in [2.75, 3.05) is 6.54 Å². The van der Waals surface area contributed by atoms with Gasteiger partial charge in [-0.05, 0) is 54.8 Å². The van der Waals surface area contributed by atoms with Crippen molar-refractivity contribution in [2.45, 2.75) is 31.6 Å². The smallest absolute Gasteiger partial charge is 0.350 e. The van der Waals surface area contributed by atoms with Gasteiger partial charge in [0.15, 0.2) is 0 Å². The topological polar surface area (TPSA) is 62.3 Å². The summed E-state index contributed by atoms with van der Waals surface area (Å²) in [5.41, 5.74) is 1.84. The highest BCUT2D eigenvalue weighted by atomic mass is 19.4. The molecule has 2 heterocycles. The fraction of sp³-hybridized carbons (Fsp3) is 0.240. The molecule has 1 atom stereocenters. The van der Waals surface area contributed by atoms with Gasteiger partial charge in [-0.25, -0.2) is 0 Å². The van der Waals surface area contributed by atoms with Crippen LogP contribution in [0.5, 0.6) is 0 Å². The highest BCUT2D eigenvalue weighted by Crippen LogP contribution is 2.29. The monoisotopic (exact) mass is 453 g/mol. The van der Waals surface area contributed by atoms with E-state index in [9.17, 15) is 22.8 Å². The molecule has 8 heteroatoms. The van der Waals surface area contributed by atoms with Gasteiger partial charge < -0.3 is 10.2 Å². The Kier molecular flexibility index (Phi) is 6.44. The van der Waals surface area contributed by atoms with Gasteiger partial charge in [-0.3, -0.25) is 14.6 Å². The van der Waals surface area contributed by atoms with Crippen molar-refractivity contribution in [1.29, 1.82) is 0 Å². The number of benzene rings is 2. The van der Waals surface area contributed by atoms with Gasteiger partial charge in [-0.15, -0.1) is 0 Å². The third-order valence-corrected chi connectivity index (χ3v) is 5.63. The first kappa shape index (κ1) is 22.5. The lowest BCUT2D eigenvalue weighted by Crippen LogP contribution is -2.45. The highest BCUT2D eigenvalue weighted by Gasteiger charge is 2.34. The molecule has 1 aliphatic rings. The average Bonchev–Trinajstić information content (AvgIpc) is 3.32. The van der Waals surface area contributed by atoms with E-state index < -0.39 is 17.8 Å². The number of rotatable bonds is 5. The highest BCUT2D eigenvalue weighted by molar-refractivity contribution is 5.98.